The zero-order valence-electron chi connectivity index (χ0n) is 17.7. The van der Waals surface area contributed by atoms with E-state index in [-0.39, 0.29) is 18.7 Å². The van der Waals surface area contributed by atoms with Crippen LogP contribution in [-0.2, 0) is 12.7 Å². The fourth-order valence-corrected chi connectivity index (χ4v) is 4.09. The van der Waals surface area contributed by atoms with Gasteiger partial charge < -0.3 is 19.9 Å². The lowest BCUT2D eigenvalue weighted by Gasteiger charge is -2.25. The second kappa shape index (κ2) is 9.40. The Labute approximate surface area is 202 Å². The van der Waals surface area contributed by atoms with Gasteiger partial charge in [-0.15, -0.1) is 10.2 Å². The number of benzene rings is 1. The van der Waals surface area contributed by atoms with Crippen LogP contribution in [0.3, 0.4) is 0 Å². The standard InChI is InChI=1S/C21H19Cl2F3N6O2/c1-11-29-30-19(31(11)9-12-2-4-13(22)5-3-12)16-8-14(33)10-32(16)20(34)27-15-6-7-17(21(24,25)26)28-18(15)23/h2-7,14,16,33H,8-10H2,1H3,(H,27,34)/t14-,16-/m1/s1. The van der Waals surface area contributed by atoms with Gasteiger partial charge in [-0.05, 0) is 36.8 Å². The highest BCUT2D eigenvalue weighted by Gasteiger charge is 2.39. The number of aliphatic hydroxyl groups is 1. The van der Waals surface area contributed by atoms with Crippen molar-refractivity contribution in [3.8, 4) is 0 Å². The lowest BCUT2D eigenvalue weighted by Crippen LogP contribution is -2.36. The van der Waals surface area contributed by atoms with Gasteiger partial charge in [0, 0.05) is 18.0 Å². The van der Waals surface area contributed by atoms with Crippen LogP contribution in [0.25, 0.3) is 0 Å². The molecule has 0 radical (unpaired) electrons. The molecule has 1 fully saturated rings. The van der Waals surface area contributed by atoms with Crippen molar-refractivity contribution in [2.75, 3.05) is 11.9 Å². The van der Waals surface area contributed by atoms with E-state index in [1.165, 1.54) is 4.90 Å². The highest BCUT2D eigenvalue weighted by Crippen LogP contribution is 2.34. The Kier molecular flexibility index (Phi) is 6.70. The Bertz CT molecular complexity index is 1200. The van der Waals surface area contributed by atoms with Crippen LogP contribution in [0.2, 0.25) is 10.2 Å². The first-order valence-corrected chi connectivity index (χ1v) is 10.9. The molecule has 0 saturated carbocycles. The van der Waals surface area contributed by atoms with Gasteiger partial charge in [0.05, 0.1) is 24.4 Å². The maximum absolute atomic E-state index is 13.0. The largest absolute Gasteiger partial charge is 0.433 e. The van der Waals surface area contributed by atoms with Gasteiger partial charge in [-0.2, -0.15) is 13.2 Å². The summed E-state index contributed by atoms with van der Waals surface area (Å²) in [4.78, 5) is 17.7. The molecule has 8 nitrogen and oxygen atoms in total. The van der Waals surface area contributed by atoms with Crippen LogP contribution < -0.4 is 5.32 Å². The molecule has 2 amide bonds. The minimum atomic E-state index is -4.66. The highest BCUT2D eigenvalue weighted by atomic mass is 35.5. The lowest BCUT2D eigenvalue weighted by atomic mass is 10.1. The molecule has 2 atom stereocenters. The average molecular weight is 515 g/mol. The Balaban J connectivity index is 1.57. The number of anilines is 1. The topological polar surface area (TPSA) is 96.2 Å². The number of hydrogen-bond donors (Lipinski definition) is 2. The molecular formula is C21H19Cl2F3N6O2. The summed E-state index contributed by atoms with van der Waals surface area (Å²) in [6.07, 6.45) is -5.27. The minimum absolute atomic E-state index is 0.00493. The summed E-state index contributed by atoms with van der Waals surface area (Å²) in [6.45, 7) is 2.19. The molecule has 0 unspecified atom stereocenters. The normalized spacial score (nSPS) is 18.4. The van der Waals surface area contributed by atoms with Crippen molar-refractivity contribution in [2.45, 2.75) is 38.2 Å². The summed E-state index contributed by atoms with van der Waals surface area (Å²) < 4.78 is 40.4. The van der Waals surface area contributed by atoms with E-state index in [2.05, 4.69) is 20.5 Å². The predicted molar refractivity (Wildman–Crippen MR) is 119 cm³/mol. The first-order valence-electron chi connectivity index (χ1n) is 10.2. The average Bonchev–Trinajstić information content (AvgIpc) is 3.33. The number of likely N-dealkylation sites (tertiary alicyclic amines) is 1. The number of aliphatic hydroxyl groups excluding tert-OH is 1. The first-order chi connectivity index (χ1) is 16.0. The van der Waals surface area contributed by atoms with Crippen LogP contribution in [-0.4, -0.2) is 48.4 Å². The number of halogens is 5. The number of urea groups is 1. The van der Waals surface area contributed by atoms with E-state index in [1.54, 1.807) is 19.1 Å². The molecule has 3 heterocycles. The summed E-state index contributed by atoms with van der Waals surface area (Å²) in [5.74, 6) is 1.08. The van der Waals surface area contributed by atoms with Crippen molar-refractivity contribution < 1.29 is 23.1 Å². The molecule has 13 heteroatoms. The Morgan fingerprint density at radius 1 is 1.18 bits per heavy atom. The van der Waals surface area contributed by atoms with Gasteiger partial charge in [0.15, 0.2) is 11.0 Å². The fraction of sp³-hybridized carbons (Fsp3) is 0.333. The lowest BCUT2D eigenvalue weighted by molar-refractivity contribution is -0.141. The number of hydrogen-bond acceptors (Lipinski definition) is 5. The number of nitrogens with zero attached hydrogens (tertiary/aromatic N) is 5. The molecule has 34 heavy (non-hydrogen) atoms. The third kappa shape index (κ3) is 5.11. The van der Waals surface area contributed by atoms with Crippen molar-refractivity contribution in [3.63, 3.8) is 0 Å². The Morgan fingerprint density at radius 2 is 1.88 bits per heavy atom. The van der Waals surface area contributed by atoms with Gasteiger partial charge in [-0.3, -0.25) is 0 Å². The monoisotopic (exact) mass is 514 g/mol. The summed E-state index contributed by atoms with van der Waals surface area (Å²) in [6, 6.07) is 7.72. The maximum Gasteiger partial charge on any atom is 0.433 e. The van der Waals surface area contributed by atoms with Crippen molar-refractivity contribution in [3.05, 3.63) is 69.5 Å². The quantitative estimate of drug-likeness (QED) is 0.492. The number of nitrogens with one attached hydrogen (secondary N) is 1. The van der Waals surface area contributed by atoms with Gasteiger partial charge in [-0.1, -0.05) is 35.3 Å². The number of β-amino-alcohol motifs (C(OH)–C–C–N with tert-alkyl or cyclic N) is 1. The molecule has 0 spiro atoms. The maximum atomic E-state index is 13.0. The zero-order chi connectivity index (χ0) is 24.6. The summed E-state index contributed by atoms with van der Waals surface area (Å²) in [7, 11) is 0. The number of pyridine rings is 1. The van der Waals surface area contributed by atoms with E-state index in [4.69, 9.17) is 23.2 Å². The molecule has 180 valence electrons. The van der Waals surface area contributed by atoms with Gasteiger partial charge >= 0.3 is 12.2 Å². The SMILES string of the molecule is Cc1nnc([C@H]2C[C@@H](O)CN2C(=O)Nc2ccc(C(F)(F)F)nc2Cl)n1Cc1ccc(Cl)cc1. The number of alkyl halides is 3. The highest BCUT2D eigenvalue weighted by molar-refractivity contribution is 6.32. The van der Waals surface area contributed by atoms with Crippen LogP contribution in [0.1, 0.15) is 35.4 Å². The van der Waals surface area contributed by atoms with Crippen LogP contribution in [0.5, 0.6) is 0 Å². The Morgan fingerprint density at radius 3 is 2.53 bits per heavy atom. The second-order valence-corrected chi connectivity index (χ2v) is 8.63. The molecular weight excluding hydrogens is 496 g/mol. The molecule has 4 rings (SSSR count). The number of rotatable bonds is 4. The number of amides is 2. The van der Waals surface area contributed by atoms with E-state index in [0.717, 1.165) is 17.7 Å². The Hall–Kier alpha value is -2.89. The van der Waals surface area contributed by atoms with Gasteiger partial charge in [0.25, 0.3) is 0 Å². The molecule has 2 aromatic heterocycles. The number of aryl methyl sites for hydroxylation is 1. The van der Waals surface area contributed by atoms with E-state index in [1.807, 2.05) is 16.7 Å². The molecule has 3 aromatic rings. The van der Waals surface area contributed by atoms with Crippen molar-refractivity contribution in [2.24, 2.45) is 0 Å². The van der Waals surface area contributed by atoms with Gasteiger partial charge in [0.2, 0.25) is 0 Å². The van der Waals surface area contributed by atoms with Gasteiger partial charge in [0.1, 0.15) is 11.5 Å². The minimum Gasteiger partial charge on any atom is -0.391 e. The number of carbonyl (C=O) groups is 1. The molecule has 1 aromatic carbocycles. The van der Waals surface area contributed by atoms with E-state index in [9.17, 15) is 23.1 Å². The van der Waals surface area contributed by atoms with Gasteiger partial charge in [-0.25, -0.2) is 9.78 Å². The molecule has 0 aliphatic carbocycles. The summed E-state index contributed by atoms with van der Waals surface area (Å²) in [5.41, 5.74) is -0.319. The summed E-state index contributed by atoms with van der Waals surface area (Å²) in [5, 5.41) is 21.2. The van der Waals surface area contributed by atoms with Crippen LogP contribution in [0.4, 0.5) is 23.7 Å². The predicted octanol–water partition coefficient (Wildman–Crippen LogP) is 4.70. The van der Waals surface area contributed by atoms with Crippen molar-refractivity contribution in [1.82, 2.24) is 24.6 Å². The summed E-state index contributed by atoms with van der Waals surface area (Å²) >= 11 is 11.8. The van der Waals surface area contributed by atoms with Crippen LogP contribution >= 0.6 is 23.2 Å². The third-order valence-corrected chi connectivity index (χ3v) is 5.98. The molecule has 0 bridgehead atoms. The smallest absolute Gasteiger partial charge is 0.391 e. The number of aromatic nitrogens is 4. The third-order valence-electron chi connectivity index (χ3n) is 5.44. The van der Waals surface area contributed by atoms with E-state index in [0.29, 0.717) is 23.2 Å². The molecule has 1 aliphatic heterocycles. The molecule has 1 aliphatic rings. The van der Waals surface area contributed by atoms with Crippen LogP contribution in [0.15, 0.2) is 36.4 Å². The molecule has 1 saturated heterocycles. The molecule has 2 N–H and O–H groups in total. The van der Waals surface area contributed by atoms with Crippen LogP contribution in [0, 0.1) is 6.92 Å². The number of carbonyl (C=O) groups excluding carboxylic acids is 1. The zero-order valence-corrected chi connectivity index (χ0v) is 19.2. The fourth-order valence-electron chi connectivity index (χ4n) is 3.77. The van der Waals surface area contributed by atoms with E-state index < -0.39 is 35.2 Å². The van der Waals surface area contributed by atoms with Crippen molar-refractivity contribution in [1.29, 1.82) is 0 Å². The van der Waals surface area contributed by atoms with Crippen molar-refractivity contribution >= 4 is 34.9 Å². The second-order valence-electron chi connectivity index (χ2n) is 7.84. The first kappa shape index (κ1) is 24.2. The van der Waals surface area contributed by atoms with E-state index >= 15 is 0 Å².